The normalized spacial score (nSPS) is 25.0. The first-order valence-electron chi connectivity index (χ1n) is 12.2. The van der Waals surface area contributed by atoms with E-state index < -0.39 is 17.1 Å². The third-order valence-corrected chi connectivity index (χ3v) is 7.74. The average Bonchev–Trinajstić information content (AvgIpc) is 3.30. The lowest BCUT2D eigenvalue weighted by Gasteiger charge is -2.51. The molecule has 0 aromatic heterocycles. The molecule has 2 aliphatic heterocycles. The zero-order chi connectivity index (χ0) is 26.0. The van der Waals surface area contributed by atoms with E-state index in [1.165, 1.54) is 7.11 Å². The summed E-state index contributed by atoms with van der Waals surface area (Å²) >= 11 is 6.03. The Morgan fingerprint density at radius 2 is 1.83 bits per heavy atom. The first kappa shape index (κ1) is 27.4. The van der Waals surface area contributed by atoms with Crippen LogP contribution in [0.2, 0.25) is 5.02 Å². The van der Waals surface area contributed by atoms with E-state index >= 15 is 0 Å². The van der Waals surface area contributed by atoms with Gasteiger partial charge in [-0.3, -0.25) is 14.4 Å². The van der Waals surface area contributed by atoms with Gasteiger partial charge in [0.1, 0.15) is 12.6 Å². The van der Waals surface area contributed by atoms with E-state index in [4.69, 9.17) is 16.3 Å². The van der Waals surface area contributed by atoms with E-state index in [1.807, 2.05) is 39.8 Å². The molecule has 0 saturated carbocycles. The monoisotopic (exact) mass is 507 g/mol. The first-order chi connectivity index (χ1) is 16.4. The molecule has 35 heavy (non-hydrogen) atoms. The number of benzene rings is 1. The number of carbonyl (C=O) groups is 3. The third kappa shape index (κ3) is 5.81. The molecule has 2 heterocycles. The summed E-state index contributed by atoms with van der Waals surface area (Å²) in [7, 11) is 1.47. The number of ether oxygens (including phenoxy) is 1. The summed E-state index contributed by atoms with van der Waals surface area (Å²) in [4.78, 5) is 42.0. The summed E-state index contributed by atoms with van der Waals surface area (Å²) in [5.74, 6) is -0.955. The third-order valence-electron chi connectivity index (χ3n) is 7.49. The summed E-state index contributed by atoms with van der Waals surface area (Å²) < 4.78 is 4.91. The van der Waals surface area contributed by atoms with Crippen LogP contribution < -0.4 is 5.32 Å². The highest BCUT2D eigenvalue weighted by Crippen LogP contribution is 2.46. The van der Waals surface area contributed by atoms with Crippen molar-refractivity contribution in [3.63, 3.8) is 0 Å². The van der Waals surface area contributed by atoms with Crippen LogP contribution in [0.15, 0.2) is 24.3 Å². The van der Waals surface area contributed by atoms with Crippen LogP contribution in [-0.4, -0.2) is 78.6 Å². The lowest BCUT2D eigenvalue weighted by atomic mass is 9.66. The number of rotatable bonds is 7. The average molecular weight is 508 g/mol. The molecule has 3 atom stereocenters. The lowest BCUT2D eigenvalue weighted by Crippen LogP contribution is -2.60. The van der Waals surface area contributed by atoms with Crippen LogP contribution in [0.25, 0.3) is 0 Å². The maximum Gasteiger partial charge on any atom is 0.248 e. The van der Waals surface area contributed by atoms with Gasteiger partial charge in [0.05, 0.1) is 11.5 Å². The molecule has 2 N–H and O–H groups in total. The van der Waals surface area contributed by atoms with Crippen molar-refractivity contribution in [1.82, 2.24) is 15.1 Å². The molecular weight excluding hydrogens is 470 g/mol. The molecule has 2 aliphatic rings. The van der Waals surface area contributed by atoms with Crippen molar-refractivity contribution in [3.8, 4) is 0 Å². The molecule has 2 saturated heterocycles. The van der Waals surface area contributed by atoms with E-state index in [9.17, 15) is 19.5 Å². The number of methoxy groups -OCH3 is 1. The van der Waals surface area contributed by atoms with Gasteiger partial charge in [0, 0.05) is 43.7 Å². The van der Waals surface area contributed by atoms with E-state index in [0.717, 1.165) is 5.56 Å². The Hall–Kier alpha value is -2.16. The van der Waals surface area contributed by atoms with Crippen molar-refractivity contribution in [2.24, 2.45) is 17.3 Å². The molecular formula is C26H38ClN3O5. The van der Waals surface area contributed by atoms with Gasteiger partial charge < -0.3 is 25.0 Å². The number of hydrogen-bond donors (Lipinski definition) is 2. The van der Waals surface area contributed by atoms with Gasteiger partial charge >= 0.3 is 0 Å². The molecule has 1 aromatic carbocycles. The summed E-state index contributed by atoms with van der Waals surface area (Å²) in [5.41, 5.74) is -0.942. The summed E-state index contributed by atoms with van der Waals surface area (Å²) in [6, 6.07) is 6.52. The van der Waals surface area contributed by atoms with Crippen LogP contribution in [-0.2, 0) is 24.7 Å². The molecule has 3 amide bonds. The number of piperidine rings is 1. The second kappa shape index (κ2) is 10.8. The Morgan fingerprint density at radius 1 is 1.17 bits per heavy atom. The number of nitrogens with zero attached hydrogens (tertiary/aromatic N) is 2. The quantitative estimate of drug-likeness (QED) is 0.590. The van der Waals surface area contributed by atoms with E-state index in [0.29, 0.717) is 44.0 Å². The number of likely N-dealkylation sites (tertiary alicyclic amines) is 2. The van der Waals surface area contributed by atoms with Gasteiger partial charge in [0.15, 0.2) is 0 Å². The Morgan fingerprint density at radius 3 is 2.40 bits per heavy atom. The van der Waals surface area contributed by atoms with E-state index in [-0.39, 0.29) is 36.2 Å². The zero-order valence-electron chi connectivity index (χ0n) is 21.3. The van der Waals surface area contributed by atoms with E-state index in [1.54, 1.807) is 21.9 Å². The molecule has 0 aliphatic carbocycles. The van der Waals surface area contributed by atoms with Crippen LogP contribution in [0.3, 0.4) is 0 Å². The molecule has 0 spiro atoms. The zero-order valence-corrected chi connectivity index (χ0v) is 22.1. The highest BCUT2D eigenvalue weighted by Gasteiger charge is 2.50. The molecule has 0 bridgehead atoms. The van der Waals surface area contributed by atoms with Gasteiger partial charge in [-0.25, -0.2) is 0 Å². The topological polar surface area (TPSA) is 99.2 Å². The highest BCUT2D eigenvalue weighted by molar-refractivity contribution is 6.30. The highest BCUT2D eigenvalue weighted by atomic mass is 35.5. The number of amides is 3. The molecule has 0 unspecified atom stereocenters. The predicted molar refractivity (Wildman–Crippen MR) is 134 cm³/mol. The van der Waals surface area contributed by atoms with E-state index in [2.05, 4.69) is 5.32 Å². The van der Waals surface area contributed by atoms with Crippen molar-refractivity contribution in [2.45, 2.75) is 52.2 Å². The number of carbonyl (C=O) groups excluding carboxylic acids is 3. The van der Waals surface area contributed by atoms with Crippen LogP contribution >= 0.6 is 11.6 Å². The van der Waals surface area contributed by atoms with Gasteiger partial charge in [0.25, 0.3) is 0 Å². The Balaban J connectivity index is 1.67. The Kier molecular flexibility index (Phi) is 8.50. The fourth-order valence-corrected chi connectivity index (χ4v) is 5.29. The molecule has 8 nitrogen and oxygen atoms in total. The molecule has 1 aromatic rings. The molecule has 194 valence electrons. The molecule has 0 radical (unpaired) electrons. The summed E-state index contributed by atoms with van der Waals surface area (Å²) in [6.45, 7) is 9.28. The number of aliphatic hydroxyl groups is 1. The second-order valence-electron chi connectivity index (χ2n) is 10.7. The van der Waals surface area contributed by atoms with Gasteiger partial charge in [-0.2, -0.15) is 0 Å². The standard InChI is InChI=1S/C26H38ClN3O5/c1-17(2)22(28-23(32)18-10-12-29(14-18)21(31)15-35-5)24(33)30-13-11-26(34,25(3,4)16-30)19-6-8-20(27)9-7-19/h6-9,17-18,22,34H,10-16H2,1-5H3,(H,28,32)/t18-,22-,26+/m1/s1. The summed E-state index contributed by atoms with van der Waals surface area (Å²) in [6.07, 6.45) is 0.941. The lowest BCUT2D eigenvalue weighted by molar-refractivity contribution is -0.157. The van der Waals surface area contributed by atoms with Crippen molar-refractivity contribution in [2.75, 3.05) is 39.9 Å². The Bertz CT molecular complexity index is 935. The van der Waals surface area contributed by atoms with Crippen LogP contribution in [0.4, 0.5) is 0 Å². The van der Waals surface area contributed by atoms with Gasteiger partial charge in [-0.05, 0) is 36.5 Å². The van der Waals surface area contributed by atoms with Gasteiger partial charge in [0.2, 0.25) is 17.7 Å². The van der Waals surface area contributed by atoms with Crippen molar-refractivity contribution >= 4 is 29.3 Å². The minimum Gasteiger partial charge on any atom is -0.384 e. The number of halogens is 1. The Labute approximate surface area is 212 Å². The number of nitrogens with one attached hydrogen (secondary N) is 1. The maximum atomic E-state index is 13.6. The summed E-state index contributed by atoms with van der Waals surface area (Å²) in [5, 5.41) is 15.2. The molecule has 9 heteroatoms. The smallest absolute Gasteiger partial charge is 0.248 e. The van der Waals surface area contributed by atoms with Crippen molar-refractivity contribution in [1.29, 1.82) is 0 Å². The fourth-order valence-electron chi connectivity index (χ4n) is 5.17. The van der Waals surface area contributed by atoms with Crippen molar-refractivity contribution < 1.29 is 24.2 Å². The van der Waals surface area contributed by atoms with Crippen LogP contribution in [0.5, 0.6) is 0 Å². The van der Waals surface area contributed by atoms with Crippen LogP contribution in [0.1, 0.15) is 46.1 Å². The maximum absolute atomic E-state index is 13.6. The SMILES string of the molecule is COCC(=O)N1CC[C@@H](C(=O)N[C@@H](C(=O)N2CC[C@](O)(c3ccc(Cl)cc3)C(C)(C)C2)C(C)C)C1. The predicted octanol–water partition coefficient (Wildman–Crippen LogP) is 2.42. The van der Waals surface area contributed by atoms with Gasteiger partial charge in [-0.1, -0.05) is 51.4 Å². The second-order valence-corrected chi connectivity index (χ2v) is 11.2. The van der Waals surface area contributed by atoms with Crippen LogP contribution in [0, 0.1) is 17.3 Å². The first-order valence-corrected chi connectivity index (χ1v) is 12.6. The minimum atomic E-state index is -1.10. The largest absolute Gasteiger partial charge is 0.384 e. The van der Waals surface area contributed by atoms with Crippen molar-refractivity contribution in [3.05, 3.63) is 34.9 Å². The molecule has 3 rings (SSSR count). The number of hydrogen-bond acceptors (Lipinski definition) is 5. The fraction of sp³-hybridized carbons (Fsp3) is 0.654. The van der Waals surface area contributed by atoms with Gasteiger partial charge in [-0.15, -0.1) is 0 Å². The minimum absolute atomic E-state index is 0.00540. The molecule has 2 fully saturated rings.